The number of benzene rings is 1. The number of fused-ring (bicyclic) bond motifs is 1. The highest BCUT2D eigenvalue weighted by Gasteiger charge is 2.26. The van der Waals surface area contributed by atoms with Gasteiger partial charge in [-0.25, -0.2) is 4.98 Å². The molecule has 2 aliphatic rings. The quantitative estimate of drug-likeness (QED) is 0.857. The monoisotopic (exact) mass is 323 g/mol. The van der Waals surface area contributed by atoms with E-state index in [0.29, 0.717) is 17.5 Å². The molecule has 0 bridgehead atoms. The molecular weight excluding hydrogens is 302 g/mol. The minimum Gasteiger partial charge on any atom is -0.439 e. The lowest BCUT2D eigenvalue weighted by atomic mass is 10.1. The van der Waals surface area contributed by atoms with E-state index in [-0.39, 0.29) is 0 Å². The third-order valence-corrected chi connectivity index (χ3v) is 4.79. The van der Waals surface area contributed by atoms with Crippen LogP contribution in [0.25, 0.3) is 0 Å². The van der Waals surface area contributed by atoms with Crippen LogP contribution in [0.2, 0.25) is 0 Å². The molecule has 2 aromatic rings. The molecule has 1 atom stereocenters. The number of rotatable bonds is 6. The summed E-state index contributed by atoms with van der Waals surface area (Å²) in [7, 11) is 0. The zero-order chi connectivity index (χ0) is 16.5. The van der Waals surface area contributed by atoms with Crippen LogP contribution in [0.4, 0.5) is 0 Å². The van der Waals surface area contributed by atoms with Gasteiger partial charge in [0.05, 0.1) is 5.56 Å². The van der Waals surface area contributed by atoms with Crippen LogP contribution in [-0.4, -0.2) is 17.4 Å². The first-order valence-corrected chi connectivity index (χ1v) is 8.49. The predicted molar refractivity (Wildman–Crippen MR) is 91.1 cm³/mol. The smallest absolute Gasteiger partial charge is 0.250 e. The van der Waals surface area contributed by atoms with Crippen LogP contribution < -0.4 is 15.8 Å². The average Bonchev–Trinajstić information content (AvgIpc) is 3.33. The van der Waals surface area contributed by atoms with Crippen molar-refractivity contribution in [1.82, 2.24) is 10.3 Å². The Kier molecular flexibility index (Phi) is 3.94. The maximum Gasteiger partial charge on any atom is 0.250 e. The predicted octanol–water partition coefficient (Wildman–Crippen LogP) is 2.96. The van der Waals surface area contributed by atoms with E-state index in [0.717, 1.165) is 31.1 Å². The van der Waals surface area contributed by atoms with Gasteiger partial charge < -0.3 is 15.8 Å². The van der Waals surface area contributed by atoms with Crippen LogP contribution in [0.3, 0.4) is 0 Å². The van der Waals surface area contributed by atoms with Gasteiger partial charge in [0.1, 0.15) is 5.75 Å². The lowest BCUT2D eigenvalue weighted by molar-refractivity contribution is 0.1000. The van der Waals surface area contributed by atoms with Crippen molar-refractivity contribution in [3.8, 4) is 11.6 Å². The highest BCUT2D eigenvalue weighted by Crippen LogP contribution is 2.36. The minimum atomic E-state index is -0.490. The number of nitrogens with zero attached hydrogens (tertiary/aromatic N) is 1. The van der Waals surface area contributed by atoms with E-state index in [9.17, 15) is 4.79 Å². The molecule has 124 valence electrons. The Labute approximate surface area is 141 Å². The second-order valence-corrected chi connectivity index (χ2v) is 6.65. The van der Waals surface area contributed by atoms with E-state index in [1.807, 2.05) is 6.07 Å². The number of primary amides is 1. The van der Waals surface area contributed by atoms with Crippen LogP contribution in [0.15, 0.2) is 36.5 Å². The van der Waals surface area contributed by atoms with Crippen molar-refractivity contribution >= 4 is 5.91 Å². The Bertz CT molecular complexity index is 754. The fourth-order valence-electron chi connectivity index (χ4n) is 3.21. The summed E-state index contributed by atoms with van der Waals surface area (Å²) >= 11 is 0. The third kappa shape index (κ3) is 3.26. The van der Waals surface area contributed by atoms with Crippen molar-refractivity contribution in [2.75, 3.05) is 6.54 Å². The maximum atomic E-state index is 11.1. The number of amides is 1. The molecule has 5 nitrogen and oxygen atoms in total. The molecule has 1 fully saturated rings. The number of ether oxygens (including phenoxy) is 1. The van der Waals surface area contributed by atoms with Gasteiger partial charge in [0.15, 0.2) is 0 Å². The van der Waals surface area contributed by atoms with Gasteiger partial charge >= 0.3 is 0 Å². The average molecular weight is 323 g/mol. The Hall–Kier alpha value is -2.40. The number of pyridine rings is 1. The summed E-state index contributed by atoms with van der Waals surface area (Å²) in [6.07, 6.45) is 6.41. The molecule has 2 aliphatic carbocycles. The first-order chi connectivity index (χ1) is 11.7. The molecule has 1 unspecified atom stereocenters. The van der Waals surface area contributed by atoms with E-state index < -0.39 is 5.91 Å². The van der Waals surface area contributed by atoms with Crippen molar-refractivity contribution in [2.45, 2.75) is 31.7 Å². The number of hydrogen-bond donors (Lipinski definition) is 2. The number of nitrogens with two attached hydrogens (primary N) is 1. The zero-order valence-corrected chi connectivity index (χ0v) is 13.5. The van der Waals surface area contributed by atoms with Gasteiger partial charge in [-0.3, -0.25) is 4.79 Å². The fraction of sp³-hybridized carbons (Fsp3) is 0.368. The largest absolute Gasteiger partial charge is 0.439 e. The van der Waals surface area contributed by atoms with E-state index in [1.54, 1.807) is 12.1 Å². The van der Waals surface area contributed by atoms with Crippen LogP contribution in [0.1, 0.15) is 46.8 Å². The molecule has 1 heterocycles. The van der Waals surface area contributed by atoms with Crippen LogP contribution in [0.5, 0.6) is 11.6 Å². The van der Waals surface area contributed by atoms with E-state index in [1.165, 1.54) is 30.2 Å². The first kappa shape index (κ1) is 15.1. The summed E-state index contributed by atoms with van der Waals surface area (Å²) in [4.78, 5) is 15.2. The van der Waals surface area contributed by atoms with Crippen molar-refractivity contribution in [2.24, 2.45) is 11.7 Å². The van der Waals surface area contributed by atoms with E-state index in [4.69, 9.17) is 10.5 Å². The normalized spacial score (nSPS) is 19.1. The molecule has 0 radical (unpaired) electrons. The summed E-state index contributed by atoms with van der Waals surface area (Å²) in [5.74, 6) is 1.64. The van der Waals surface area contributed by atoms with Gasteiger partial charge in [0, 0.05) is 18.3 Å². The third-order valence-electron chi connectivity index (χ3n) is 4.79. The van der Waals surface area contributed by atoms with Crippen molar-refractivity contribution in [3.05, 3.63) is 53.2 Å². The second-order valence-electron chi connectivity index (χ2n) is 6.65. The molecule has 0 aliphatic heterocycles. The molecule has 1 aromatic heterocycles. The van der Waals surface area contributed by atoms with E-state index >= 15 is 0 Å². The van der Waals surface area contributed by atoms with Crippen LogP contribution in [-0.2, 0) is 6.42 Å². The number of aromatic nitrogens is 1. The molecule has 0 saturated heterocycles. The summed E-state index contributed by atoms with van der Waals surface area (Å²) in [5, 5.41) is 3.69. The highest BCUT2D eigenvalue weighted by atomic mass is 16.5. The lowest BCUT2D eigenvalue weighted by Crippen LogP contribution is -2.21. The summed E-state index contributed by atoms with van der Waals surface area (Å²) in [6, 6.07) is 9.99. The van der Waals surface area contributed by atoms with Crippen molar-refractivity contribution in [3.63, 3.8) is 0 Å². The number of carbonyl (C=O) groups is 1. The molecule has 3 N–H and O–H groups in total. The van der Waals surface area contributed by atoms with Gasteiger partial charge in [-0.2, -0.15) is 0 Å². The van der Waals surface area contributed by atoms with Crippen LogP contribution in [0, 0.1) is 5.92 Å². The topological polar surface area (TPSA) is 77.2 Å². The Balaban J connectivity index is 1.44. The molecule has 1 saturated carbocycles. The lowest BCUT2D eigenvalue weighted by Gasteiger charge is -2.14. The summed E-state index contributed by atoms with van der Waals surface area (Å²) in [5.41, 5.74) is 8.32. The Morgan fingerprint density at radius 2 is 2.12 bits per heavy atom. The molecular formula is C19H21N3O2. The van der Waals surface area contributed by atoms with Gasteiger partial charge in [-0.1, -0.05) is 6.07 Å². The molecule has 0 spiro atoms. The zero-order valence-electron chi connectivity index (χ0n) is 13.5. The number of aryl methyl sites for hydroxylation is 1. The van der Waals surface area contributed by atoms with E-state index in [2.05, 4.69) is 22.4 Å². The Morgan fingerprint density at radius 3 is 2.83 bits per heavy atom. The minimum absolute atomic E-state index is 0.376. The van der Waals surface area contributed by atoms with Crippen LogP contribution >= 0.6 is 0 Å². The molecule has 1 aromatic carbocycles. The second kappa shape index (κ2) is 6.24. The standard InChI is InChI=1S/C19H21N3O2/c20-19(23)14-4-8-18(22-11-14)24-15-5-6-16-13(9-15)3-7-17(16)21-10-12-1-2-12/h4-6,8-9,11-12,17,21H,1-3,7,10H2,(H2,20,23). The Morgan fingerprint density at radius 1 is 1.25 bits per heavy atom. The van der Waals surface area contributed by atoms with Crippen molar-refractivity contribution < 1.29 is 9.53 Å². The molecule has 24 heavy (non-hydrogen) atoms. The number of nitrogens with one attached hydrogen (secondary N) is 1. The number of carbonyl (C=O) groups excluding carboxylic acids is 1. The van der Waals surface area contributed by atoms with Gasteiger partial charge in [0.25, 0.3) is 0 Å². The molecule has 5 heteroatoms. The van der Waals surface area contributed by atoms with Gasteiger partial charge in [0.2, 0.25) is 11.8 Å². The number of hydrogen-bond acceptors (Lipinski definition) is 4. The van der Waals surface area contributed by atoms with Gasteiger partial charge in [-0.05, 0) is 67.5 Å². The SMILES string of the molecule is NC(=O)c1ccc(Oc2ccc3c(c2)CCC3NCC2CC2)nc1. The van der Waals surface area contributed by atoms with Crippen molar-refractivity contribution in [1.29, 1.82) is 0 Å². The highest BCUT2D eigenvalue weighted by molar-refractivity contribution is 5.92. The summed E-state index contributed by atoms with van der Waals surface area (Å²) in [6.45, 7) is 1.14. The molecule has 1 amide bonds. The molecule has 4 rings (SSSR count). The first-order valence-electron chi connectivity index (χ1n) is 8.49. The summed E-state index contributed by atoms with van der Waals surface area (Å²) < 4.78 is 5.80. The maximum absolute atomic E-state index is 11.1. The fourth-order valence-corrected chi connectivity index (χ4v) is 3.21. The van der Waals surface area contributed by atoms with Gasteiger partial charge in [-0.15, -0.1) is 0 Å².